The van der Waals surface area contributed by atoms with E-state index >= 15 is 0 Å². The number of hydrogen-bond donors (Lipinski definition) is 0. The topological polar surface area (TPSA) is 13.1 Å². The van der Waals surface area contributed by atoms with E-state index in [0.29, 0.717) is 16.7 Å². The standard InChI is InChI=1S/C38H24O/c1-2-12-25(13-3-1)26-14-10-15-27(24-26)36-28-16-4-6-18-30(28)37(31-19-7-5-17-29(31)36)33-21-11-23-35-38(33)32-20-8-9-22-34(32)39-35/h1-24H/i10D,14D,15D,24D. The Morgan fingerprint density at radius 2 is 1.00 bits per heavy atom. The summed E-state index contributed by atoms with van der Waals surface area (Å²) in [5.41, 5.74) is 5.91. The van der Waals surface area contributed by atoms with Gasteiger partial charge >= 0.3 is 0 Å². The van der Waals surface area contributed by atoms with Crippen LogP contribution in [0.4, 0.5) is 0 Å². The SMILES string of the molecule is [2H]c1c([2H])c(-c2ccccc2)c([2H])c(-c2c3ccccc3c(-c3cccc4oc5ccccc5c34)c3ccccc23)c1[2H]. The summed E-state index contributed by atoms with van der Waals surface area (Å²) < 4.78 is 42.3. The smallest absolute Gasteiger partial charge is 0.136 e. The Morgan fingerprint density at radius 3 is 1.72 bits per heavy atom. The van der Waals surface area contributed by atoms with Gasteiger partial charge in [-0.2, -0.15) is 0 Å². The summed E-state index contributed by atoms with van der Waals surface area (Å²) in [7, 11) is 0. The van der Waals surface area contributed by atoms with E-state index in [4.69, 9.17) is 8.53 Å². The van der Waals surface area contributed by atoms with E-state index in [1.807, 2.05) is 97.1 Å². The van der Waals surface area contributed by atoms with Crippen LogP contribution in [0.2, 0.25) is 0 Å². The second kappa shape index (κ2) is 8.72. The lowest BCUT2D eigenvalue weighted by Gasteiger charge is -2.18. The predicted molar refractivity (Wildman–Crippen MR) is 165 cm³/mol. The van der Waals surface area contributed by atoms with Crippen molar-refractivity contribution in [1.82, 2.24) is 0 Å². The predicted octanol–water partition coefficient (Wildman–Crippen LogP) is 10.9. The second-order valence-corrected chi connectivity index (χ2v) is 9.73. The van der Waals surface area contributed by atoms with Gasteiger partial charge in [0.1, 0.15) is 11.2 Å². The number of furan rings is 1. The zero-order chi connectivity index (χ0) is 29.2. The summed E-state index contributed by atoms with van der Waals surface area (Å²) in [5, 5.41) is 5.83. The molecule has 0 aliphatic carbocycles. The highest BCUT2D eigenvalue weighted by Crippen LogP contribution is 2.47. The van der Waals surface area contributed by atoms with Crippen molar-refractivity contribution >= 4 is 43.5 Å². The van der Waals surface area contributed by atoms with E-state index in [2.05, 4.69) is 24.3 Å². The Morgan fingerprint density at radius 1 is 0.436 bits per heavy atom. The number of benzene rings is 7. The van der Waals surface area contributed by atoms with Crippen molar-refractivity contribution in [2.45, 2.75) is 0 Å². The van der Waals surface area contributed by atoms with Gasteiger partial charge in [-0.15, -0.1) is 0 Å². The van der Waals surface area contributed by atoms with E-state index in [0.717, 1.165) is 60.2 Å². The fraction of sp³-hybridized carbons (Fsp3) is 0. The third-order valence-corrected chi connectivity index (χ3v) is 7.54. The highest BCUT2D eigenvalue weighted by molar-refractivity contribution is 6.25. The van der Waals surface area contributed by atoms with Crippen LogP contribution in [-0.4, -0.2) is 0 Å². The lowest BCUT2D eigenvalue weighted by Crippen LogP contribution is -1.91. The summed E-state index contributed by atoms with van der Waals surface area (Å²) in [6.45, 7) is 0. The van der Waals surface area contributed by atoms with Gasteiger partial charge in [0.2, 0.25) is 0 Å². The van der Waals surface area contributed by atoms with Gasteiger partial charge < -0.3 is 4.42 Å². The normalized spacial score (nSPS) is 13.0. The van der Waals surface area contributed by atoms with E-state index in [-0.39, 0.29) is 24.2 Å². The molecule has 1 heterocycles. The Kier molecular flexibility index (Phi) is 4.06. The van der Waals surface area contributed by atoms with Gasteiger partial charge in [-0.25, -0.2) is 0 Å². The van der Waals surface area contributed by atoms with Gasteiger partial charge in [0.05, 0.1) is 5.48 Å². The molecule has 0 unspecified atom stereocenters. The molecule has 0 radical (unpaired) electrons. The molecule has 0 bridgehead atoms. The van der Waals surface area contributed by atoms with Crippen LogP contribution < -0.4 is 0 Å². The van der Waals surface area contributed by atoms with Gasteiger partial charge in [-0.05, 0) is 73.1 Å². The fourth-order valence-electron chi connectivity index (χ4n) is 5.89. The van der Waals surface area contributed by atoms with Crippen LogP contribution in [0.5, 0.6) is 0 Å². The molecule has 0 N–H and O–H groups in total. The zero-order valence-electron chi connectivity index (χ0n) is 25.0. The van der Waals surface area contributed by atoms with E-state index in [1.54, 1.807) is 0 Å². The van der Waals surface area contributed by atoms with Crippen molar-refractivity contribution in [2.24, 2.45) is 0 Å². The second-order valence-electron chi connectivity index (χ2n) is 9.73. The zero-order valence-corrected chi connectivity index (χ0v) is 21.0. The van der Waals surface area contributed by atoms with Crippen molar-refractivity contribution in [3.8, 4) is 33.4 Å². The molecule has 8 rings (SSSR count). The molecule has 0 atom stereocenters. The monoisotopic (exact) mass is 500 g/mol. The molecule has 39 heavy (non-hydrogen) atoms. The number of rotatable bonds is 3. The summed E-state index contributed by atoms with van der Waals surface area (Å²) in [6, 6.07) is 39.5. The maximum Gasteiger partial charge on any atom is 0.136 e. The fourth-order valence-corrected chi connectivity index (χ4v) is 5.89. The van der Waals surface area contributed by atoms with Gasteiger partial charge in [-0.1, -0.05) is 127 Å². The molecule has 0 aliphatic rings. The van der Waals surface area contributed by atoms with E-state index < -0.39 is 0 Å². The third kappa shape index (κ3) is 3.41. The third-order valence-electron chi connectivity index (χ3n) is 7.54. The van der Waals surface area contributed by atoms with Crippen LogP contribution >= 0.6 is 0 Å². The first-order chi connectivity index (χ1) is 21.0. The molecule has 7 aromatic carbocycles. The Hall–Kier alpha value is -5.14. The van der Waals surface area contributed by atoms with Crippen LogP contribution in [0.15, 0.2) is 150 Å². The van der Waals surface area contributed by atoms with Crippen LogP contribution in [0.1, 0.15) is 5.48 Å². The number of para-hydroxylation sites is 1. The summed E-state index contributed by atoms with van der Waals surface area (Å²) in [5.74, 6) is 0. The largest absolute Gasteiger partial charge is 0.456 e. The highest BCUT2D eigenvalue weighted by atomic mass is 16.3. The van der Waals surface area contributed by atoms with Crippen molar-refractivity contribution in [2.75, 3.05) is 0 Å². The lowest BCUT2D eigenvalue weighted by molar-refractivity contribution is 0.669. The molecule has 0 aliphatic heterocycles. The molecule has 0 saturated heterocycles. The molecular formula is C38H24O. The van der Waals surface area contributed by atoms with Crippen LogP contribution in [0, 0.1) is 0 Å². The van der Waals surface area contributed by atoms with Crippen LogP contribution in [-0.2, 0) is 0 Å². The van der Waals surface area contributed by atoms with Crippen LogP contribution in [0.25, 0.3) is 76.9 Å². The van der Waals surface area contributed by atoms with Crippen molar-refractivity contribution < 1.29 is 9.90 Å². The van der Waals surface area contributed by atoms with Gasteiger partial charge in [0.25, 0.3) is 0 Å². The van der Waals surface area contributed by atoms with Gasteiger partial charge in [0, 0.05) is 10.8 Å². The minimum absolute atomic E-state index is 0.0863. The molecule has 1 nitrogen and oxygen atoms in total. The molecule has 8 aromatic rings. The molecule has 182 valence electrons. The first kappa shape index (κ1) is 18.2. The molecule has 0 saturated carbocycles. The summed E-state index contributed by atoms with van der Waals surface area (Å²) >= 11 is 0. The summed E-state index contributed by atoms with van der Waals surface area (Å²) in [4.78, 5) is 0. The molecule has 0 spiro atoms. The number of hydrogen-bond acceptors (Lipinski definition) is 1. The minimum Gasteiger partial charge on any atom is -0.456 e. The summed E-state index contributed by atoms with van der Waals surface area (Å²) in [6.07, 6.45) is 0. The Labute approximate surface area is 232 Å². The average molecular weight is 501 g/mol. The van der Waals surface area contributed by atoms with Gasteiger partial charge in [-0.3, -0.25) is 0 Å². The molecular weight excluding hydrogens is 472 g/mol. The van der Waals surface area contributed by atoms with Gasteiger partial charge in [0.15, 0.2) is 0 Å². The van der Waals surface area contributed by atoms with E-state index in [9.17, 15) is 1.37 Å². The van der Waals surface area contributed by atoms with Crippen molar-refractivity contribution in [3.05, 3.63) is 145 Å². The van der Waals surface area contributed by atoms with Crippen LogP contribution in [0.3, 0.4) is 0 Å². The maximum atomic E-state index is 9.41. The average Bonchev–Trinajstić information content (AvgIpc) is 3.43. The Balaban J connectivity index is 1.55. The molecule has 0 amide bonds. The van der Waals surface area contributed by atoms with Crippen molar-refractivity contribution in [3.63, 3.8) is 0 Å². The maximum absolute atomic E-state index is 9.41. The first-order valence-corrected chi connectivity index (χ1v) is 13.0. The van der Waals surface area contributed by atoms with Crippen molar-refractivity contribution in [1.29, 1.82) is 0 Å². The first-order valence-electron chi connectivity index (χ1n) is 15.0. The number of fused-ring (bicyclic) bond motifs is 5. The minimum atomic E-state index is -0.184. The lowest BCUT2D eigenvalue weighted by atomic mass is 9.84. The quantitative estimate of drug-likeness (QED) is 0.220. The Bertz CT molecular complexity index is 2330. The molecule has 0 fully saturated rings. The molecule has 1 heteroatoms. The molecule has 1 aromatic heterocycles. The van der Waals surface area contributed by atoms with E-state index in [1.165, 1.54) is 0 Å². The highest BCUT2D eigenvalue weighted by Gasteiger charge is 2.20.